The second kappa shape index (κ2) is 8.50. The smallest absolute Gasteiger partial charge is 0.324 e. The van der Waals surface area contributed by atoms with E-state index in [1.807, 2.05) is 6.07 Å². The fourth-order valence-electron chi connectivity index (χ4n) is 4.22. The minimum Gasteiger partial charge on any atom is -0.324 e. The Morgan fingerprint density at radius 3 is 2.59 bits per heavy atom. The van der Waals surface area contributed by atoms with Gasteiger partial charge in [-0.2, -0.15) is 4.98 Å². The van der Waals surface area contributed by atoms with Crippen molar-refractivity contribution in [3.05, 3.63) is 79.5 Å². The molecule has 11 heteroatoms. The Morgan fingerprint density at radius 1 is 1.18 bits per heavy atom. The number of likely N-dealkylation sites (N-methyl/N-ethyl adjacent to an activating group) is 1. The van der Waals surface area contributed by atoms with Gasteiger partial charge in [-0.1, -0.05) is 29.3 Å². The highest BCUT2D eigenvalue weighted by molar-refractivity contribution is 6.37. The van der Waals surface area contributed by atoms with Crippen molar-refractivity contribution in [2.45, 2.75) is 18.9 Å². The third-order valence-electron chi connectivity index (χ3n) is 6.00. The van der Waals surface area contributed by atoms with Crippen molar-refractivity contribution in [3.63, 3.8) is 0 Å². The number of aromatic nitrogens is 4. The van der Waals surface area contributed by atoms with Crippen LogP contribution >= 0.6 is 23.2 Å². The number of benzene rings is 2. The molecule has 0 aliphatic heterocycles. The molecule has 0 bridgehead atoms. The predicted octanol–water partition coefficient (Wildman–Crippen LogP) is 3.81. The first-order chi connectivity index (χ1) is 16.2. The number of nitrogens with one attached hydrogen (secondary N) is 3. The summed E-state index contributed by atoms with van der Waals surface area (Å²) in [6.45, 7) is 0. The van der Waals surface area contributed by atoms with E-state index in [1.54, 1.807) is 0 Å². The Hall–Kier alpha value is -3.27. The number of hydrogen-bond acceptors (Lipinski definition) is 6. The Kier molecular flexibility index (Phi) is 5.63. The molecule has 5 rings (SSSR count). The fraction of sp³-hybridized carbons (Fsp3) is 0.217. The van der Waals surface area contributed by atoms with Crippen molar-refractivity contribution in [2.24, 2.45) is 0 Å². The standard InChI is InChI=1S/C23H20Cl2FN7O/c1-32(2)15-6-11-3-4-14(5-12(11)7-15)29-22-28-10-16-20(27)33(23(34)31-21(16)30-22)19-17(24)8-13(26)9-18(19)25/h3-5,8-10,15,27H,6-7H2,1-2H3,(H2,28,29,30,31,34). The first kappa shape index (κ1) is 22.5. The van der Waals surface area contributed by atoms with Gasteiger partial charge in [0.1, 0.15) is 11.3 Å². The molecule has 0 amide bonds. The SMILES string of the molecule is CN(C)C1Cc2ccc(Nc3ncc4c(=N)n(-c5c(Cl)cc(F)cc5Cl)c(=O)[nH]c4n3)cc2C1. The summed E-state index contributed by atoms with van der Waals surface area (Å²) in [4.78, 5) is 26.4. The van der Waals surface area contributed by atoms with Crippen LogP contribution in [-0.2, 0) is 12.8 Å². The largest absolute Gasteiger partial charge is 0.333 e. The summed E-state index contributed by atoms with van der Waals surface area (Å²) in [6, 6.07) is 8.70. The molecule has 1 aliphatic carbocycles. The average molecular weight is 500 g/mol. The van der Waals surface area contributed by atoms with Gasteiger partial charge in [-0.25, -0.2) is 18.7 Å². The fourth-order valence-corrected chi connectivity index (χ4v) is 4.85. The van der Waals surface area contributed by atoms with Crippen LogP contribution in [0.1, 0.15) is 11.1 Å². The average Bonchev–Trinajstić information content (AvgIpc) is 3.19. The van der Waals surface area contributed by atoms with Gasteiger partial charge < -0.3 is 10.2 Å². The lowest BCUT2D eigenvalue weighted by Gasteiger charge is -2.17. The van der Waals surface area contributed by atoms with Crippen LogP contribution in [0.15, 0.2) is 41.3 Å². The molecule has 1 aliphatic rings. The maximum absolute atomic E-state index is 13.6. The first-order valence-corrected chi connectivity index (χ1v) is 11.2. The quantitative estimate of drug-likeness (QED) is 0.396. The molecule has 0 radical (unpaired) electrons. The molecule has 3 N–H and O–H groups in total. The van der Waals surface area contributed by atoms with Gasteiger partial charge in [-0.05, 0) is 62.3 Å². The highest BCUT2D eigenvalue weighted by Gasteiger charge is 2.23. The van der Waals surface area contributed by atoms with Crippen LogP contribution in [0.3, 0.4) is 0 Å². The Morgan fingerprint density at radius 2 is 1.88 bits per heavy atom. The highest BCUT2D eigenvalue weighted by Crippen LogP contribution is 2.29. The molecule has 34 heavy (non-hydrogen) atoms. The third kappa shape index (κ3) is 3.96. The van der Waals surface area contributed by atoms with E-state index < -0.39 is 11.5 Å². The van der Waals surface area contributed by atoms with Gasteiger partial charge in [0.2, 0.25) is 5.95 Å². The van der Waals surface area contributed by atoms with Crippen LogP contribution in [0.5, 0.6) is 0 Å². The van der Waals surface area contributed by atoms with Gasteiger partial charge in [0.05, 0.1) is 21.1 Å². The van der Waals surface area contributed by atoms with Crippen LogP contribution in [0, 0.1) is 11.2 Å². The van der Waals surface area contributed by atoms with Crippen LogP contribution in [-0.4, -0.2) is 44.6 Å². The molecule has 1 unspecified atom stereocenters. The molecule has 0 saturated carbocycles. The molecular formula is C23H20Cl2FN7O. The number of halogens is 3. The van der Waals surface area contributed by atoms with E-state index in [-0.39, 0.29) is 38.2 Å². The molecule has 174 valence electrons. The summed E-state index contributed by atoms with van der Waals surface area (Å²) in [5, 5.41) is 11.8. The van der Waals surface area contributed by atoms with Crippen molar-refractivity contribution >= 4 is 45.9 Å². The van der Waals surface area contributed by atoms with E-state index in [9.17, 15) is 9.18 Å². The first-order valence-electron chi connectivity index (χ1n) is 10.5. The monoisotopic (exact) mass is 499 g/mol. The molecule has 4 aromatic rings. The van der Waals surface area contributed by atoms with Crippen LogP contribution < -0.4 is 16.5 Å². The van der Waals surface area contributed by atoms with Gasteiger partial charge >= 0.3 is 5.69 Å². The zero-order valence-electron chi connectivity index (χ0n) is 18.3. The summed E-state index contributed by atoms with van der Waals surface area (Å²) < 4.78 is 14.6. The zero-order valence-corrected chi connectivity index (χ0v) is 19.8. The second-order valence-corrected chi connectivity index (χ2v) is 9.24. The van der Waals surface area contributed by atoms with Crippen LogP contribution in [0.2, 0.25) is 10.0 Å². The van der Waals surface area contributed by atoms with Gasteiger partial charge in [0, 0.05) is 17.9 Å². The Balaban J connectivity index is 1.51. The molecule has 2 aromatic heterocycles. The minimum absolute atomic E-state index is 0.00857. The lowest BCUT2D eigenvalue weighted by molar-refractivity contribution is 0.303. The van der Waals surface area contributed by atoms with E-state index in [0.717, 1.165) is 35.2 Å². The number of rotatable bonds is 4. The van der Waals surface area contributed by atoms with Gasteiger partial charge in [0.25, 0.3) is 0 Å². The van der Waals surface area contributed by atoms with Gasteiger partial charge in [0.15, 0.2) is 5.65 Å². The molecule has 2 aromatic carbocycles. The maximum atomic E-state index is 13.6. The topological polar surface area (TPSA) is 103 Å². The lowest BCUT2D eigenvalue weighted by atomic mass is 10.1. The van der Waals surface area contributed by atoms with Gasteiger partial charge in [-0.15, -0.1) is 0 Å². The molecule has 0 fully saturated rings. The number of anilines is 2. The van der Waals surface area contributed by atoms with Crippen LogP contribution in [0.4, 0.5) is 16.0 Å². The zero-order chi connectivity index (χ0) is 24.1. The van der Waals surface area contributed by atoms with Crippen LogP contribution in [0.25, 0.3) is 16.7 Å². The molecule has 2 heterocycles. The van der Waals surface area contributed by atoms with Crippen molar-refractivity contribution in [1.29, 1.82) is 5.41 Å². The maximum Gasteiger partial charge on any atom is 0.333 e. The number of hydrogen-bond donors (Lipinski definition) is 3. The molecule has 1 atom stereocenters. The van der Waals surface area contributed by atoms with Crippen molar-refractivity contribution in [1.82, 2.24) is 24.4 Å². The summed E-state index contributed by atoms with van der Waals surface area (Å²) in [5.74, 6) is -0.369. The van der Waals surface area contributed by atoms with Gasteiger partial charge in [-0.3, -0.25) is 10.4 Å². The normalized spacial score (nSPS) is 15.2. The van der Waals surface area contributed by atoms with E-state index in [1.165, 1.54) is 17.3 Å². The van der Waals surface area contributed by atoms with Crippen molar-refractivity contribution in [2.75, 3.05) is 19.4 Å². The minimum atomic E-state index is -0.690. The summed E-state index contributed by atoms with van der Waals surface area (Å²) in [7, 11) is 4.17. The predicted molar refractivity (Wildman–Crippen MR) is 130 cm³/mol. The summed E-state index contributed by atoms with van der Waals surface area (Å²) in [5.41, 5.74) is 2.70. The Labute approximate surface area is 203 Å². The summed E-state index contributed by atoms with van der Waals surface area (Å²) >= 11 is 12.2. The van der Waals surface area contributed by atoms with E-state index in [0.29, 0.717) is 6.04 Å². The number of nitrogens with zero attached hydrogens (tertiary/aromatic N) is 4. The lowest BCUT2D eigenvalue weighted by Crippen LogP contribution is -2.34. The van der Waals surface area contributed by atoms with Crippen molar-refractivity contribution in [3.8, 4) is 5.69 Å². The van der Waals surface area contributed by atoms with E-state index in [4.69, 9.17) is 28.6 Å². The van der Waals surface area contributed by atoms with E-state index >= 15 is 0 Å². The number of aromatic amines is 1. The molecular weight excluding hydrogens is 480 g/mol. The third-order valence-corrected chi connectivity index (χ3v) is 6.58. The number of fused-ring (bicyclic) bond motifs is 2. The summed E-state index contributed by atoms with van der Waals surface area (Å²) in [6.07, 6.45) is 3.42. The van der Waals surface area contributed by atoms with Crippen molar-refractivity contribution < 1.29 is 4.39 Å². The highest BCUT2D eigenvalue weighted by atomic mass is 35.5. The molecule has 0 saturated heterocycles. The second-order valence-electron chi connectivity index (χ2n) is 8.42. The molecule has 8 nitrogen and oxygen atoms in total. The van der Waals surface area contributed by atoms with E-state index in [2.05, 4.69) is 51.4 Å². The number of H-pyrrole nitrogens is 1. The Bertz CT molecular complexity index is 1540. The molecule has 0 spiro atoms.